The van der Waals surface area contributed by atoms with Crippen LogP contribution in [0.1, 0.15) is 193 Å². The van der Waals surface area contributed by atoms with Gasteiger partial charge in [-0.05, 0) is 147 Å². The molecule has 0 aliphatic heterocycles. The van der Waals surface area contributed by atoms with Crippen molar-refractivity contribution in [3.63, 3.8) is 0 Å². The average Bonchev–Trinajstić information content (AvgIpc) is 3.40. The monoisotopic (exact) mass is 987 g/mol. The van der Waals surface area contributed by atoms with Crippen molar-refractivity contribution in [1.82, 2.24) is 0 Å². The largest absolute Gasteiger partial charge is 0.490 e. The summed E-state index contributed by atoms with van der Waals surface area (Å²) in [6.07, 6.45) is 29.4. The molecule has 392 valence electrons. The van der Waals surface area contributed by atoms with E-state index in [0.717, 1.165) is 84.0 Å². The van der Waals surface area contributed by atoms with Crippen LogP contribution in [0.15, 0.2) is 94.9 Å². The van der Waals surface area contributed by atoms with Gasteiger partial charge >= 0.3 is 11.9 Å². The molecule has 0 atom stereocenters. The van der Waals surface area contributed by atoms with Crippen LogP contribution in [0.2, 0.25) is 0 Å². The highest BCUT2D eigenvalue weighted by Crippen LogP contribution is 2.34. The van der Waals surface area contributed by atoms with Crippen molar-refractivity contribution < 1.29 is 38.0 Å². The lowest BCUT2D eigenvalue weighted by atomic mass is 9.82. The van der Waals surface area contributed by atoms with E-state index in [4.69, 9.17) is 28.4 Å². The maximum absolute atomic E-state index is 13.2. The highest BCUT2D eigenvalue weighted by Gasteiger charge is 2.32. The number of hydrogen-bond acceptors (Lipinski definition) is 10. The summed E-state index contributed by atoms with van der Waals surface area (Å²) in [6.45, 7) is 11.6. The van der Waals surface area contributed by atoms with Crippen LogP contribution < -0.4 is 28.4 Å². The summed E-state index contributed by atoms with van der Waals surface area (Å²) in [7, 11) is 0. The first kappa shape index (κ1) is 57.3. The number of rotatable bonds is 36. The van der Waals surface area contributed by atoms with Crippen molar-refractivity contribution >= 4 is 35.7 Å². The third kappa shape index (κ3) is 22.0. The van der Waals surface area contributed by atoms with Gasteiger partial charge in [-0.2, -0.15) is 0 Å². The number of carbonyl (C=O) groups is 2. The van der Waals surface area contributed by atoms with Gasteiger partial charge in [0.15, 0.2) is 23.0 Å². The van der Waals surface area contributed by atoms with Gasteiger partial charge in [-0.25, -0.2) is 0 Å². The zero-order valence-electron chi connectivity index (χ0n) is 44.4. The standard InChI is InChI=1S/C62H86N2O8/c1-5-9-13-17-21-41-67-57-39-25-49(45-59(57)69-43-23-19-15-11-7-3)47-63-53-31-35-55(36-32-53)71-61(65)51-27-29-52(30-28-51)62(66)72-56-37-33-54(34-38-56)64-48-50-26-40-58(68-42-22-18-14-10-6-2)60(46-50)70-44-24-20-16-12-8-4/h25-26,31-40,45-48,51-52H,5-24,27-30,41-44H2,1-4H3. The molecule has 0 radical (unpaired) electrons. The van der Waals surface area contributed by atoms with Gasteiger partial charge in [0, 0.05) is 12.4 Å². The average molecular weight is 987 g/mol. The number of benzene rings is 4. The second-order valence-corrected chi connectivity index (χ2v) is 19.4. The quantitative estimate of drug-likeness (QED) is 0.0192. The summed E-state index contributed by atoms with van der Waals surface area (Å²) in [4.78, 5) is 35.8. The second-order valence-electron chi connectivity index (χ2n) is 19.4. The molecule has 0 amide bonds. The Labute approximate surface area is 432 Å². The summed E-state index contributed by atoms with van der Waals surface area (Å²) in [6, 6.07) is 26.4. The minimum atomic E-state index is -0.285. The summed E-state index contributed by atoms with van der Waals surface area (Å²) < 4.78 is 36.4. The third-order valence-corrected chi connectivity index (χ3v) is 13.2. The molecule has 0 heterocycles. The number of unbranched alkanes of at least 4 members (excludes halogenated alkanes) is 16. The lowest BCUT2D eigenvalue weighted by Crippen LogP contribution is -2.30. The molecular formula is C62H86N2O8. The van der Waals surface area contributed by atoms with E-state index in [9.17, 15) is 9.59 Å². The van der Waals surface area contributed by atoms with Crippen molar-refractivity contribution in [3.05, 3.63) is 96.1 Å². The molecule has 1 fully saturated rings. The van der Waals surface area contributed by atoms with Gasteiger partial charge in [-0.15, -0.1) is 0 Å². The van der Waals surface area contributed by atoms with Gasteiger partial charge < -0.3 is 28.4 Å². The topological polar surface area (TPSA) is 114 Å². The van der Waals surface area contributed by atoms with E-state index in [1.54, 1.807) is 24.3 Å². The van der Waals surface area contributed by atoms with Crippen LogP contribution in [0.4, 0.5) is 11.4 Å². The molecule has 0 N–H and O–H groups in total. The van der Waals surface area contributed by atoms with E-state index in [-0.39, 0.29) is 23.8 Å². The van der Waals surface area contributed by atoms with Crippen molar-refractivity contribution in [1.29, 1.82) is 0 Å². The minimum Gasteiger partial charge on any atom is -0.490 e. The molecule has 0 saturated heterocycles. The van der Waals surface area contributed by atoms with E-state index < -0.39 is 0 Å². The minimum absolute atomic E-state index is 0.283. The zero-order chi connectivity index (χ0) is 50.9. The molecule has 0 bridgehead atoms. The van der Waals surface area contributed by atoms with Gasteiger partial charge in [0.25, 0.3) is 0 Å². The number of esters is 2. The number of carbonyl (C=O) groups excluding carboxylic acids is 2. The van der Waals surface area contributed by atoms with Crippen LogP contribution >= 0.6 is 0 Å². The molecule has 0 unspecified atom stereocenters. The Bertz CT molecular complexity index is 2020. The highest BCUT2D eigenvalue weighted by atomic mass is 16.5. The Kier molecular flexibility index (Phi) is 27.6. The first-order chi connectivity index (χ1) is 35.4. The van der Waals surface area contributed by atoms with E-state index in [2.05, 4.69) is 37.7 Å². The summed E-state index contributed by atoms with van der Waals surface area (Å²) >= 11 is 0. The number of nitrogens with zero attached hydrogens (tertiary/aromatic N) is 2. The van der Waals surface area contributed by atoms with Gasteiger partial charge in [0.1, 0.15) is 11.5 Å². The van der Waals surface area contributed by atoms with Gasteiger partial charge in [-0.3, -0.25) is 19.6 Å². The second kappa shape index (κ2) is 34.7. The number of aliphatic imine (C=N–C) groups is 2. The van der Waals surface area contributed by atoms with Gasteiger partial charge in [-0.1, -0.05) is 130 Å². The summed E-state index contributed by atoms with van der Waals surface area (Å²) in [5.41, 5.74) is 3.30. The lowest BCUT2D eigenvalue weighted by Gasteiger charge is -2.25. The molecular weight excluding hydrogens is 901 g/mol. The molecule has 1 aliphatic rings. The fourth-order valence-electron chi connectivity index (χ4n) is 8.69. The van der Waals surface area contributed by atoms with Crippen molar-refractivity contribution in [2.75, 3.05) is 26.4 Å². The Morgan fingerprint density at radius 1 is 0.403 bits per heavy atom. The maximum Gasteiger partial charge on any atom is 0.314 e. The molecule has 0 spiro atoms. The molecule has 10 heteroatoms. The van der Waals surface area contributed by atoms with Gasteiger partial charge in [0.05, 0.1) is 49.6 Å². The number of ether oxygens (including phenoxy) is 6. The summed E-state index contributed by atoms with van der Waals surface area (Å²) in [5, 5.41) is 0. The normalized spacial score (nSPS) is 14.7. The van der Waals surface area contributed by atoms with E-state index in [0.29, 0.717) is 63.6 Å². The van der Waals surface area contributed by atoms with Crippen LogP contribution in [0.25, 0.3) is 0 Å². The fourth-order valence-corrected chi connectivity index (χ4v) is 8.69. The highest BCUT2D eigenvalue weighted by molar-refractivity contribution is 5.84. The molecule has 4 aromatic rings. The molecule has 1 aliphatic carbocycles. The molecule has 5 rings (SSSR count). The third-order valence-electron chi connectivity index (χ3n) is 13.2. The molecule has 72 heavy (non-hydrogen) atoms. The molecule has 10 nitrogen and oxygen atoms in total. The van der Waals surface area contributed by atoms with Crippen LogP contribution in [0.5, 0.6) is 34.5 Å². The first-order valence-electron chi connectivity index (χ1n) is 27.9. The van der Waals surface area contributed by atoms with E-state index >= 15 is 0 Å². The Morgan fingerprint density at radius 2 is 0.708 bits per heavy atom. The van der Waals surface area contributed by atoms with Gasteiger partial charge in [0.2, 0.25) is 0 Å². The van der Waals surface area contributed by atoms with Crippen LogP contribution in [0, 0.1) is 11.8 Å². The lowest BCUT2D eigenvalue weighted by molar-refractivity contribution is -0.145. The summed E-state index contributed by atoms with van der Waals surface area (Å²) in [5.74, 6) is 2.84. The van der Waals surface area contributed by atoms with Crippen LogP contribution in [-0.2, 0) is 9.59 Å². The molecule has 1 saturated carbocycles. The van der Waals surface area contributed by atoms with Crippen LogP contribution in [0.3, 0.4) is 0 Å². The fraction of sp³-hybridized carbons (Fsp3) is 0.548. The Hall–Kier alpha value is -5.64. The smallest absolute Gasteiger partial charge is 0.314 e. The predicted octanol–water partition coefficient (Wildman–Crippen LogP) is 16.9. The number of hydrogen-bond donors (Lipinski definition) is 0. The molecule has 0 aromatic heterocycles. The van der Waals surface area contributed by atoms with E-state index in [1.807, 2.05) is 73.1 Å². The first-order valence-corrected chi connectivity index (χ1v) is 27.9. The van der Waals surface area contributed by atoms with Crippen molar-refractivity contribution in [2.24, 2.45) is 21.8 Å². The molecule has 4 aromatic carbocycles. The SMILES string of the molecule is CCCCCCCOc1ccc(C=Nc2ccc(OC(=O)C3CCC(C(=O)Oc4ccc(N=Cc5ccc(OCCCCCCC)c(OCCCCCCC)c5)cc4)CC3)cc2)cc1OCCCCCCC. The Balaban J connectivity index is 1.05. The van der Waals surface area contributed by atoms with Crippen molar-refractivity contribution in [3.8, 4) is 34.5 Å². The predicted molar refractivity (Wildman–Crippen MR) is 294 cm³/mol. The van der Waals surface area contributed by atoms with Crippen LogP contribution in [-0.4, -0.2) is 50.8 Å². The Morgan fingerprint density at radius 3 is 1.03 bits per heavy atom. The zero-order valence-corrected chi connectivity index (χ0v) is 44.4. The maximum atomic E-state index is 13.2. The van der Waals surface area contributed by atoms with E-state index in [1.165, 1.54) is 89.9 Å². The van der Waals surface area contributed by atoms with Crippen molar-refractivity contribution in [2.45, 2.75) is 182 Å².